The molecule has 2 N–H and O–H groups in total. The van der Waals surface area contributed by atoms with Gasteiger partial charge in [0.2, 0.25) is 0 Å². The second-order valence-electron chi connectivity index (χ2n) is 11.4. The van der Waals surface area contributed by atoms with Crippen LogP contribution >= 0.6 is 0 Å². The molecule has 5 rings (SSSR count). The number of benzene rings is 3. The van der Waals surface area contributed by atoms with Crippen molar-refractivity contribution in [3.05, 3.63) is 100 Å². The highest BCUT2D eigenvalue weighted by Crippen LogP contribution is 2.36. The lowest BCUT2D eigenvalue weighted by atomic mass is 9.85. The van der Waals surface area contributed by atoms with E-state index in [2.05, 4.69) is 47.1 Å². The number of carboxylic acids is 2. The topological polar surface area (TPSA) is 87.1 Å². The number of para-hydroxylation sites is 1. The first-order valence-electron chi connectivity index (χ1n) is 15.1. The van der Waals surface area contributed by atoms with Crippen molar-refractivity contribution in [2.75, 3.05) is 13.1 Å². The first kappa shape index (κ1) is 29.4. The maximum absolute atomic E-state index is 11.6. The highest BCUT2D eigenvalue weighted by atomic mass is 16.5. The summed E-state index contributed by atoms with van der Waals surface area (Å²) in [5.74, 6) is 6.35. The van der Waals surface area contributed by atoms with Gasteiger partial charge in [-0.2, -0.15) is 0 Å². The van der Waals surface area contributed by atoms with Gasteiger partial charge in [0.15, 0.2) is 0 Å². The normalized spacial score (nSPS) is 15.9. The highest BCUT2D eigenvalue weighted by molar-refractivity contribution is 5.88. The zero-order chi connectivity index (χ0) is 29.3. The largest absolute Gasteiger partial charge is 0.489 e. The number of carboxylic acid groups (broad SMARTS) is 2. The predicted octanol–water partition coefficient (Wildman–Crippen LogP) is 6.90. The van der Waals surface area contributed by atoms with Crippen molar-refractivity contribution in [2.45, 2.75) is 70.4 Å². The van der Waals surface area contributed by atoms with Crippen molar-refractivity contribution >= 4 is 11.9 Å². The molecule has 218 valence electrons. The van der Waals surface area contributed by atoms with Gasteiger partial charge < -0.3 is 14.9 Å². The van der Waals surface area contributed by atoms with Gasteiger partial charge in [0.1, 0.15) is 12.4 Å². The van der Waals surface area contributed by atoms with Crippen molar-refractivity contribution in [3.8, 4) is 17.6 Å². The van der Waals surface area contributed by atoms with E-state index in [1.165, 1.54) is 18.4 Å². The number of carbonyl (C=O) groups is 2. The minimum atomic E-state index is -0.903. The minimum absolute atomic E-state index is 0.168. The van der Waals surface area contributed by atoms with Crippen molar-refractivity contribution < 1.29 is 24.5 Å². The maximum atomic E-state index is 11.6. The standard InChI is InChI=1S/C36H39NO5/c38-35(39)10-3-4-22-37(33-8-5-7-30-24-31(36(40)41)19-20-32(30)33)23-21-29-6-1-2-9-34(29)42-25-28-17-15-27(16-18-28)14-13-26-11-12-26/h1-2,6,9,15-20,24,26,33H,3-5,7-8,10-12,21-23,25H2,(H,38,39)(H,40,41). The van der Waals surface area contributed by atoms with Crippen LogP contribution in [-0.4, -0.2) is 40.1 Å². The molecule has 0 bridgehead atoms. The number of ether oxygens (including phenoxy) is 1. The Bertz CT molecular complexity index is 1450. The lowest BCUT2D eigenvalue weighted by Gasteiger charge is -2.36. The highest BCUT2D eigenvalue weighted by Gasteiger charge is 2.27. The van der Waals surface area contributed by atoms with Crippen molar-refractivity contribution in [3.63, 3.8) is 0 Å². The second kappa shape index (κ2) is 14.2. The Morgan fingerprint density at radius 1 is 0.929 bits per heavy atom. The molecule has 1 fully saturated rings. The van der Waals surface area contributed by atoms with Crippen molar-refractivity contribution in [1.29, 1.82) is 0 Å². The lowest BCUT2D eigenvalue weighted by molar-refractivity contribution is -0.137. The molecule has 0 amide bonds. The van der Waals surface area contributed by atoms with Crippen LogP contribution in [0.1, 0.15) is 89.2 Å². The molecule has 1 unspecified atom stereocenters. The summed E-state index contributed by atoms with van der Waals surface area (Å²) in [5.41, 5.74) is 5.90. The molecule has 3 aromatic carbocycles. The summed E-state index contributed by atoms with van der Waals surface area (Å²) >= 11 is 0. The second-order valence-corrected chi connectivity index (χ2v) is 11.4. The van der Waals surface area contributed by atoms with Gasteiger partial charge in [0.25, 0.3) is 0 Å². The van der Waals surface area contributed by atoms with Gasteiger partial charge in [-0.05, 0) is 110 Å². The molecule has 1 saturated carbocycles. The minimum Gasteiger partial charge on any atom is -0.489 e. The van der Waals surface area contributed by atoms with Crippen LogP contribution in [0.2, 0.25) is 0 Å². The van der Waals surface area contributed by atoms with E-state index in [0.717, 1.165) is 73.2 Å². The summed E-state index contributed by atoms with van der Waals surface area (Å²) in [6.45, 7) is 2.07. The van der Waals surface area contributed by atoms with Crippen LogP contribution in [0.4, 0.5) is 0 Å². The van der Waals surface area contributed by atoms with Gasteiger partial charge in [-0.1, -0.05) is 48.2 Å². The predicted molar refractivity (Wildman–Crippen MR) is 163 cm³/mol. The van der Waals surface area contributed by atoms with E-state index in [0.29, 0.717) is 24.5 Å². The van der Waals surface area contributed by atoms with Gasteiger partial charge in [-0.15, -0.1) is 0 Å². The van der Waals surface area contributed by atoms with Gasteiger partial charge in [-0.3, -0.25) is 9.69 Å². The van der Waals surface area contributed by atoms with E-state index in [4.69, 9.17) is 9.84 Å². The van der Waals surface area contributed by atoms with Gasteiger partial charge >= 0.3 is 11.9 Å². The number of aliphatic carboxylic acids is 1. The number of fused-ring (bicyclic) bond motifs is 1. The quantitative estimate of drug-likeness (QED) is 0.173. The summed E-state index contributed by atoms with van der Waals surface area (Å²) in [6, 6.07) is 22.1. The third-order valence-corrected chi connectivity index (χ3v) is 8.19. The number of hydrogen-bond acceptors (Lipinski definition) is 4. The number of nitrogens with zero attached hydrogens (tertiary/aromatic N) is 1. The fraction of sp³-hybridized carbons (Fsp3) is 0.389. The molecule has 2 aliphatic carbocycles. The van der Waals surface area contributed by atoms with E-state index in [1.54, 1.807) is 6.07 Å². The zero-order valence-corrected chi connectivity index (χ0v) is 24.1. The Morgan fingerprint density at radius 2 is 1.74 bits per heavy atom. The third kappa shape index (κ3) is 8.24. The Balaban J connectivity index is 1.26. The molecule has 2 aliphatic rings. The average molecular weight is 566 g/mol. The lowest BCUT2D eigenvalue weighted by Crippen LogP contribution is -2.34. The van der Waals surface area contributed by atoms with E-state index in [1.807, 2.05) is 30.3 Å². The fourth-order valence-electron chi connectivity index (χ4n) is 5.69. The van der Waals surface area contributed by atoms with Crippen LogP contribution in [0.25, 0.3) is 0 Å². The Morgan fingerprint density at radius 3 is 2.50 bits per heavy atom. The van der Waals surface area contributed by atoms with E-state index in [9.17, 15) is 14.7 Å². The van der Waals surface area contributed by atoms with Crippen molar-refractivity contribution in [2.24, 2.45) is 5.92 Å². The summed E-state index contributed by atoms with van der Waals surface area (Å²) in [6.07, 6.45) is 7.72. The number of aromatic carboxylic acids is 1. The van der Waals surface area contributed by atoms with Crippen molar-refractivity contribution in [1.82, 2.24) is 4.90 Å². The molecule has 0 radical (unpaired) electrons. The van der Waals surface area contributed by atoms with E-state index >= 15 is 0 Å². The fourth-order valence-corrected chi connectivity index (χ4v) is 5.69. The maximum Gasteiger partial charge on any atom is 0.335 e. The summed E-state index contributed by atoms with van der Waals surface area (Å²) < 4.78 is 6.29. The van der Waals surface area contributed by atoms with E-state index in [-0.39, 0.29) is 12.5 Å². The van der Waals surface area contributed by atoms with Gasteiger partial charge in [0.05, 0.1) is 5.56 Å². The summed E-state index contributed by atoms with van der Waals surface area (Å²) in [4.78, 5) is 25.1. The smallest absolute Gasteiger partial charge is 0.335 e. The number of hydrogen-bond donors (Lipinski definition) is 2. The average Bonchev–Trinajstić information content (AvgIpc) is 3.83. The molecule has 6 heteroatoms. The molecule has 0 aliphatic heterocycles. The Hall–Kier alpha value is -4.08. The molecule has 0 saturated heterocycles. The summed E-state index contributed by atoms with van der Waals surface area (Å²) in [7, 11) is 0. The molecule has 1 atom stereocenters. The zero-order valence-electron chi connectivity index (χ0n) is 24.1. The summed E-state index contributed by atoms with van der Waals surface area (Å²) in [5, 5.41) is 18.6. The van der Waals surface area contributed by atoms with Crippen LogP contribution in [0, 0.1) is 17.8 Å². The van der Waals surface area contributed by atoms with Crippen LogP contribution in [0.15, 0.2) is 66.7 Å². The molecular formula is C36H39NO5. The Kier molecular flexibility index (Phi) is 9.94. The van der Waals surface area contributed by atoms with Gasteiger partial charge in [-0.25, -0.2) is 4.79 Å². The molecule has 3 aromatic rings. The van der Waals surface area contributed by atoms with Crippen LogP contribution in [-0.2, 0) is 24.2 Å². The molecule has 0 aromatic heterocycles. The van der Waals surface area contributed by atoms with Crippen LogP contribution in [0.5, 0.6) is 5.75 Å². The molecular weight excluding hydrogens is 526 g/mol. The Labute approximate surface area is 248 Å². The first-order valence-corrected chi connectivity index (χ1v) is 15.1. The number of unbranched alkanes of at least 4 members (excludes halogenated alkanes) is 1. The van der Waals surface area contributed by atoms with Crippen LogP contribution in [0.3, 0.4) is 0 Å². The first-order chi connectivity index (χ1) is 20.5. The SMILES string of the molecule is O=C(O)CCCCN(CCc1ccccc1OCc1ccc(C#CC2CC2)cc1)C1CCCc2cc(C(=O)O)ccc21. The van der Waals surface area contributed by atoms with Crippen LogP contribution < -0.4 is 4.74 Å². The molecule has 0 spiro atoms. The van der Waals surface area contributed by atoms with E-state index < -0.39 is 11.9 Å². The molecule has 42 heavy (non-hydrogen) atoms. The molecule has 0 heterocycles. The third-order valence-electron chi connectivity index (χ3n) is 8.19. The number of aryl methyl sites for hydroxylation is 1. The monoisotopic (exact) mass is 565 g/mol. The number of rotatable bonds is 13. The molecule has 6 nitrogen and oxygen atoms in total. The van der Waals surface area contributed by atoms with Gasteiger partial charge in [0, 0.05) is 30.5 Å².